The van der Waals surface area contributed by atoms with Crippen molar-refractivity contribution in [1.82, 2.24) is 30.3 Å². The third-order valence-corrected chi connectivity index (χ3v) is 6.35. The third kappa shape index (κ3) is 5.47. The molecule has 194 valence electrons. The minimum absolute atomic E-state index is 0.0479. The van der Waals surface area contributed by atoms with Crippen LogP contribution < -0.4 is 20.3 Å². The highest BCUT2D eigenvalue weighted by molar-refractivity contribution is 6.38. The van der Waals surface area contributed by atoms with Gasteiger partial charge in [0.1, 0.15) is 5.75 Å². The Labute approximate surface area is 219 Å². The lowest BCUT2D eigenvalue weighted by molar-refractivity contribution is -0.123. The van der Waals surface area contributed by atoms with Gasteiger partial charge in [-0.3, -0.25) is 9.89 Å². The molecule has 1 aliphatic heterocycles. The van der Waals surface area contributed by atoms with Crippen LogP contribution in [0.3, 0.4) is 0 Å². The van der Waals surface area contributed by atoms with Crippen molar-refractivity contribution in [2.24, 2.45) is 7.05 Å². The molecule has 1 fully saturated rings. The highest BCUT2D eigenvalue weighted by atomic mass is 35.5. The van der Waals surface area contributed by atoms with E-state index in [4.69, 9.17) is 26.1 Å². The number of carbonyl (C=O) groups excluding carboxylic acids is 1. The summed E-state index contributed by atoms with van der Waals surface area (Å²) in [7, 11) is 1.82. The number of anilines is 3. The number of nitrogens with zero attached hydrogens (tertiary/aromatic N) is 5. The molecule has 3 heterocycles. The number of amides is 1. The van der Waals surface area contributed by atoms with Crippen LogP contribution in [0.25, 0.3) is 22.3 Å². The zero-order valence-electron chi connectivity index (χ0n) is 20.9. The standard InChI is InChI=1S/C25H29ClN8O3/c1-15(2)28-22(35)14-37-21-7-4-16(12-20(21)34-8-10-36-11-9-34)24-30-25(33(3)32-24)29-19-6-5-18-17(23(19)26)13-27-31-18/h4-7,12-13,15H,8-11,14H2,1-3H3,(H,27,31)(H,28,35)(H,29,30,32). The Hall–Kier alpha value is -3.83. The van der Waals surface area contributed by atoms with Gasteiger partial charge in [-0.05, 0) is 44.2 Å². The molecule has 5 rings (SSSR count). The Morgan fingerprint density at radius 2 is 2.05 bits per heavy atom. The summed E-state index contributed by atoms with van der Waals surface area (Å²) in [5.74, 6) is 1.54. The van der Waals surface area contributed by atoms with E-state index in [1.807, 2.05) is 51.2 Å². The van der Waals surface area contributed by atoms with Crippen LogP contribution in [0.2, 0.25) is 5.02 Å². The van der Waals surface area contributed by atoms with Crippen molar-refractivity contribution in [3.05, 3.63) is 41.6 Å². The number of aromatic amines is 1. The fraction of sp³-hybridized carbons (Fsp3) is 0.360. The van der Waals surface area contributed by atoms with Gasteiger partial charge < -0.3 is 25.0 Å². The van der Waals surface area contributed by atoms with Gasteiger partial charge in [-0.15, -0.1) is 5.10 Å². The summed E-state index contributed by atoms with van der Waals surface area (Å²) in [6.45, 7) is 6.44. The molecule has 1 aliphatic rings. The first-order valence-electron chi connectivity index (χ1n) is 12.1. The smallest absolute Gasteiger partial charge is 0.258 e. The van der Waals surface area contributed by atoms with Gasteiger partial charge in [0.25, 0.3) is 5.91 Å². The molecule has 11 nitrogen and oxygen atoms in total. The summed E-state index contributed by atoms with van der Waals surface area (Å²) in [6.07, 6.45) is 1.69. The van der Waals surface area contributed by atoms with E-state index in [0.29, 0.717) is 41.4 Å². The quantitative estimate of drug-likeness (QED) is 0.320. The molecule has 0 atom stereocenters. The summed E-state index contributed by atoms with van der Waals surface area (Å²) in [5, 5.41) is 19.1. The average Bonchev–Trinajstić information content (AvgIpc) is 3.52. The van der Waals surface area contributed by atoms with Gasteiger partial charge >= 0.3 is 0 Å². The van der Waals surface area contributed by atoms with Crippen LogP contribution >= 0.6 is 11.6 Å². The predicted octanol–water partition coefficient (Wildman–Crippen LogP) is 3.50. The van der Waals surface area contributed by atoms with Gasteiger partial charge in [0.2, 0.25) is 5.95 Å². The van der Waals surface area contributed by atoms with Crippen LogP contribution in [0, 0.1) is 0 Å². The van der Waals surface area contributed by atoms with Crippen LogP contribution in [0.4, 0.5) is 17.3 Å². The number of carbonyl (C=O) groups is 1. The number of fused-ring (bicyclic) bond motifs is 1. The maximum Gasteiger partial charge on any atom is 0.258 e. The maximum atomic E-state index is 12.2. The first-order valence-corrected chi connectivity index (χ1v) is 12.5. The highest BCUT2D eigenvalue weighted by Crippen LogP contribution is 2.35. The number of aryl methyl sites for hydroxylation is 1. The van der Waals surface area contributed by atoms with E-state index in [2.05, 4.69) is 30.8 Å². The van der Waals surface area contributed by atoms with E-state index in [1.54, 1.807) is 10.9 Å². The number of rotatable bonds is 8. The summed E-state index contributed by atoms with van der Waals surface area (Å²) in [6, 6.07) is 9.56. The monoisotopic (exact) mass is 524 g/mol. The first-order chi connectivity index (χ1) is 17.9. The SMILES string of the molecule is CC(C)NC(=O)COc1ccc(-c2nc(Nc3ccc4[nH]ncc4c3Cl)n(C)n2)cc1N1CCOCC1. The lowest BCUT2D eigenvalue weighted by Gasteiger charge is -2.30. The summed E-state index contributed by atoms with van der Waals surface area (Å²) >= 11 is 6.57. The van der Waals surface area contributed by atoms with E-state index in [0.717, 1.165) is 35.2 Å². The zero-order chi connectivity index (χ0) is 25.9. The molecule has 12 heteroatoms. The molecule has 3 N–H and O–H groups in total. The van der Waals surface area contributed by atoms with Crippen molar-refractivity contribution in [2.45, 2.75) is 19.9 Å². The average molecular weight is 525 g/mol. The van der Waals surface area contributed by atoms with Gasteiger partial charge in [-0.2, -0.15) is 10.1 Å². The zero-order valence-corrected chi connectivity index (χ0v) is 21.7. The number of benzene rings is 2. The summed E-state index contributed by atoms with van der Waals surface area (Å²) in [4.78, 5) is 19.1. The molecule has 0 bridgehead atoms. The lowest BCUT2D eigenvalue weighted by atomic mass is 10.1. The number of aromatic nitrogens is 5. The number of halogens is 1. The van der Waals surface area contributed by atoms with E-state index in [1.165, 1.54) is 0 Å². The molecule has 1 saturated heterocycles. The Morgan fingerprint density at radius 3 is 2.84 bits per heavy atom. The van der Waals surface area contributed by atoms with Crippen LogP contribution in [0.15, 0.2) is 36.5 Å². The molecule has 1 amide bonds. The largest absolute Gasteiger partial charge is 0.482 e. The molecule has 0 spiro atoms. The fourth-order valence-corrected chi connectivity index (χ4v) is 4.41. The van der Waals surface area contributed by atoms with Crippen molar-refractivity contribution < 1.29 is 14.3 Å². The minimum Gasteiger partial charge on any atom is -0.482 e. The molecule has 2 aromatic carbocycles. The Kier molecular flexibility index (Phi) is 7.15. The molecule has 4 aromatic rings. The number of morpholine rings is 1. The predicted molar refractivity (Wildman–Crippen MR) is 143 cm³/mol. The highest BCUT2D eigenvalue weighted by Gasteiger charge is 2.20. The molecule has 37 heavy (non-hydrogen) atoms. The molecular formula is C25H29ClN8O3. The van der Waals surface area contributed by atoms with Gasteiger partial charge in [-0.25, -0.2) is 4.68 Å². The number of ether oxygens (including phenoxy) is 2. The van der Waals surface area contributed by atoms with E-state index in [9.17, 15) is 4.79 Å². The molecule has 2 aromatic heterocycles. The molecule has 0 aliphatic carbocycles. The Bertz CT molecular complexity index is 1410. The second kappa shape index (κ2) is 10.7. The van der Waals surface area contributed by atoms with Crippen LogP contribution in [0.5, 0.6) is 5.75 Å². The van der Waals surface area contributed by atoms with E-state index in [-0.39, 0.29) is 18.6 Å². The third-order valence-electron chi connectivity index (χ3n) is 5.95. The van der Waals surface area contributed by atoms with Gasteiger partial charge in [0, 0.05) is 37.1 Å². The van der Waals surface area contributed by atoms with Crippen LogP contribution in [0.1, 0.15) is 13.8 Å². The molecule has 0 unspecified atom stereocenters. The van der Waals surface area contributed by atoms with Crippen LogP contribution in [-0.4, -0.2) is 69.8 Å². The van der Waals surface area contributed by atoms with Crippen LogP contribution in [-0.2, 0) is 16.6 Å². The Balaban J connectivity index is 1.41. The van der Waals surface area contributed by atoms with Crippen molar-refractivity contribution in [2.75, 3.05) is 43.1 Å². The minimum atomic E-state index is -0.165. The van der Waals surface area contributed by atoms with Crippen molar-refractivity contribution in [3.63, 3.8) is 0 Å². The number of hydrogen-bond acceptors (Lipinski definition) is 8. The van der Waals surface area contributed by atoms with Crippen molar-refractivity contribution >= 4 is 45.7 Å². The lowest BCUT2D eigenvalue weighted by Crippen LogP contribution is -2.37. The molecular weight excluding hydrogens is 496 g/mol. The second-order valence-corrected chi connectivity index (χ2v) is 9.44. The second-order valence-electron chi connectivity index (χ2n) is 9.06. The van der Waals surface area contributed by atoms with Gasteiger partial charge in [-0.1, -0.05) is 11.6 Å². The molecule has 0 radical (unpaired) electrons. The number of hydrogen-bond donors (Lipinski definition) is 3. The van der Waals surface area contributed by atoms with Crippen molar-refractivity contribution in [3.8, 4) is 17.1 Å². The fourth-order valence-electron chi connectivity index (χ4n) is 4.15. The maximum absolute atomic E-state index is 12.2. The molecule has 0 saturated carbocycles. The number of H-pyrrole nitrogens is 1. The van der Waals surface area contributed by atoms with Crippen molar-refractivity contribution in [1.29, 1.82) is 0 Å². The summed E-state index contributed by atoms with van der Waals surface area (Å²) in [5.41, 5.74) is 3.25. The van der Waals surface area contributed by atoms with Gasteiger partial charge in [0.05, 0.1) is 41.3 Å². The Morgan fingerprint density at radius 1 is 1.24 bits per heavy atom. The van der Waals surface area contributed by atoms with E-state index < -0.39 is 0 Å². The normalized spacial score (nSPS) is 13.8. The topological polar surface area (TPSA) is 122 Å². The number of nitrogens with one attached hydrogen (secondary N) is 3. The first kappa shape index (κ1) is 24.8. The van der Waals surface area contributed by atoms with E-state index >= 15 is 0 Å². The summed E-state index contributed by atoms with van der Waals surface area (Å²) < 4.78 is 13.1. The van der Waals surface area contributed by atoms with Gasteiger partial charge in [0.15, 0.2) is 12.4 Å².